The molecule has 2 aromatic carbocycles. The standard InChI is InChI=1S/C25H33N3O2/c1-5-26(19(2)3)18-21-8-12-23(13-9-21)25(30)28-16-14-27(15-17-28)24(29)22-10-6-20(4)7-11-22/h6-13,19H,5,14-18H2,1-4H3. The van der Waals surface area contributed by atoms with Crippen LogP contribution in [0.15, 0.2) is 48.5 Å². The summed E-state index contributed by atoms with van der Waals surface area (Å²) in [7, 11) is 0. The number of aryl methyl sites for hydroxylation is 1. The average Bonchev–Trinajstić information content (AvgIpc) is 2.77. The van der Waals surface area contributed by atoms with Gasteiger partial charge in [0.2, 0.25) is 0 Å². The summed E-state index contributed by atoms with van der Waals surface area (Å²) in [5.41, 5.74) is 3.78. The molecule has 0 bridgehead atoms. The van der Waals surface area contributed by atoms with Crippen LogP contribution < -0.4 is 0 Å². The first-order valence-corrected chi connectivity index (χ1v) is 10.9. The lowest BCUT2D eigenvalue weighted by atomic mass is 10.1. The van der Waals surface area contributed by atoms with E-state index in [1.54, 1.807) is 0 Å². The van der Waals surface area contributed by atoms with Crippen LogP contribution in [0.25, 0.3) is 0 Å². The molecule has 0 atom stereocenters. The van der Waals surface area contributed by atoms with Crippen molar-refractivity contribution in [1.82, 2.24) is 14.7 Å². The van der Waals surface area contributed by atoms with Crippen molar-refractivity contribution in [2.24, 2.45) is 0 Å². The van der Waals surface area contributed by atoms with Gasteiger partial charge in [-0.1, -0.05) is 36.8 Å². The molecule has 2 aromatic rings. The molecular formula is C25H33N3O2. The highest BCUT2D eigenvalue weighted by molar-refractivity contribution is 5.96. The van der Waals surface area contributed by atoms with Crippen molar-refractivity contribution in [3.8, 4) is 0 Å². The van der Waals surface area contributed by atoms with Crippen LogP contribution in [0.4, 0.5) is 0 Å². The van der Waals surface area contributed by atoms with Crippen LogP contribution in [-0.2, 0) is 6.54 Å². The van der Waals surface area contributed by atoms with Crippen molar-refractivity contribution in [2.45, 2.75) is 40.3 Å². The number of hydrogen-bond donors (Lipinski definition) is 0. The quantitative estimate of drug-likeness (QED) is 0.731. The smallest absolute Gasteiger partial charge is 0.253 e. The van der Waals surface area contributed by atoms with Crippen molar-refractivity contribution < 1.29 is 9.59 Å². The highest BCUT2D eigenvalue weighted by Gasteiger charge is 2.25. The Morgan fingerprint density at radius 3 is 1.67 bits per heavy atom. The van der Waals surface area contributed by atoms with Gasteiger partial charge in [0.05, 0.1) is 0 Å². The lowest BCUT2D eigenvalue weighted by Crippen LogP contribution is -2.50. The molecule has 0 spiro atoms. The molecule has 0 aliphatic carbocycles. The van der Waals surface area contributed by atoms with Crippen LogP contribution in [0.1, 0.15) is 52.6 Å². The van der Waals surface area contributed by atoms with Crippen LogP contribution in [0.5, 0.6) is 0 Å². The summed E-state index contributed by atoms with van der Waals surface area (Å²) < 4.78 is 0. The number of hydrogen-bond acceptors (Lipinski definition) is 3. The average molecular weight is 408 g/mol. The van der Waals surface area contributed by atoms with E-state index in [0.29, 0.717) is 43.3 Å². The summed E-state index contributed by atoms with van der Waals surface area (Å²) in [6, 6.07) is 16.1. The van der Waals surface area contributed by atoms with E-state index in [9.17, 15) is 9.59 Å². The number of amides is 2. The first kappa shape index (κ1) is 22.0. The van der Waals surface area contributed by atoms with E-state index in [0.717, 1.165) is 18.7 Å². The molecule has 0 N–H and O–H groups in total. The topological polar surface area (TPSA) is 43.9 Å². The fourth-order valence-corrected chi connectivity index (χ4v) is 3.82. The Morgan fingerprint density at radius 2 is 1.27 bits per heavy atom. The van der Waals surface area contributed by atoms with E-state index in [1.165, 1.54) is 5.56 Å². The van der Waals surface area contributed by atoms with Gasteiger partial charge in [-0.3, -0.25) is 14.5 Å². The number of carbonyl (C=O) groups is 2. The molecule has 1 fully saturated rings. The highest BCUT2D eigenvalue weighted by atomic mass is 16.2. The summed E-state index contributed by atoms with van der Waals surface area (Å²) in [6.07, 6.45) is 0. The van der Waals surface area contributed by atoms with Gasteiger partial charge < -0.3 is 9.80 Å². The fraction of sp³-hybridized carbons (Fsp3) is 0.440. The molecule has 1 heterocycles. The third-order valence-corrected chi connectivity index (χ3v) is 5.88. The van der Waals surface area contributed by atoms with Gasteiger partial charge in [0, 0.05) is 49.9 Å². The molecule has 30 heavy (non-hydrogen) atoms. The van der Waals surface area contributed by atoms with Crippen LogP contribution in [-0.4, -0.2) is 65.3 Å². The van der Waals surface area contributed by atoms with Gasteiger partial charge in [-0.15, -0.1) is 0 Å². The third-order valence-electron chi connectivity index (χ3n) is 5.88. The van der Waals surface area contributed by atoms with Gasteiger partial charge in [0.1, 0.15) is 0 Å². The SMILES string of the molecule is CCN(Cc1ccc(C(=O)N2CCN(C(=O)c3ccc(C)cc3)CC2)cc1)C(C)C. The molecule has 5 nitrogen and oxygen atoms in total. The number of rotatable bonds is 6. The Bertz CT molecular complexity index is 851. The molecule has 1 saturated heterocycles. The first-order chi connectivity index (χ1) is 14.4. The molecule has 2 amide bonds. The Hall–Kier alpha value is -2.66. The lowest BCUT2D eigenvalue weighted by molar-refractivity contribution is 0.0535. The highest BCUT2D eigenvalue weighted by Crippen LogP contribution is 2.15. The number of benzene rings is 2. The van der Waals surface area contributed by atoms with E-state index in [4.69, 9.17) is 0 Å². The molecule has 0 radical (unpaired) electrons. The van der Waals surface area contributed by atoms with Crippen molar-refractivity contribution in [3.05, 3.63) is 70.8 Å². The van der Waals surface area contributed by atoms with Crippen LogP contribution in [0.2, 0.25) is 0 Å². The Kier molecular flexibility index (Phi) is 7.27. The predicted octanol–water partition coefficient (Wildman–Crippen LogP) is 3.82. The maximum absolute atomic E-state index is 12.9. The molecule has 1 aliphatic rings. The summed E-state index contributed by atoms with van der Waals surface area (Å²) in [6.45, 7) is 12.7. The second kappa shape index (κ2) is 9.90. The second-order valence-corrected chi connectivity index (χ2v) is 8.30. The molecule has 160 valence electrons. The normalized spacial score (nSPS) is 14.5. The molecule has 3 rings (SSSR count). The maximum atomic E-state index is 12.9. The minimum atomic E-state index is 0.0390. The van der Waals surface area contributed by atoms with Crippen molar-refractivity contribution in [3.63, 3.8) is 0 Å². The maximum Gasteiger partial charge on any atom is 0.253 e. The lowest BCUT2D eigenvalue weighted by Gasteiger charge is -2.35. The molecule has 1 aliphatic heterocycles. The third kappa shape index (κ3) is 5.28. The summed E-state index contributed by atoms with van der Waals surface area (Å²) in [4.78, 5) is 31.6. The van der Waals surface area contributed by atoms with Gasteiger partial charge in [0.25, 0.3) is 11.8 Å². The van der Waals surface area contributed by atoms with Gasteiger partial charge in [0.15, 0.2) is 0 Å². The Labute approximate surface area is 180 Å². The molecule has 0 aromatic heterocycles. The Morgan fingerprint density at radius 1 is 0.833 bits per heavy atom. The van der Waals surface area contributed by atoms with Crippen molar-refractivity contribution in [2.75, 3.05) is 32.7 Å². The van der Waals surface area contributed by atoms with Gasteiger partial charge in [-0.05, 0) is 57.1 Å². The zero-order valence-electron chi connectivity index (χ0n) is 18.6. The minimum absolute atomic E-state index is 0.0390. The largest absolute Gasteiger partial charge is 0.335 e. The summed E-state index contributed by atoms with van der Waals surface area (Å²) in [5, 5.41) is 0. The van der Waals surface area contributed by atoms with E-state index in [1.807, 2.05) is 53.1 Å². The second-order valence-electron chi connectivity index (χ2n) is 8.30. The minimum Gasteiger partial charge on any atom is -0.335 e. The van der Waals surface area contributed by atoms with Crippen LogP contribution in [0.3, 0.4) is 0 Å². The molecule has 0 unspecified atom stereocenters. The fourth-order valence-electron chi connectivity index (χ4n) is 3.82. The zero-order chi connectivity index (χ0) is 21.7. The number of piperazine rings is 1. The predicted molar refractivity (Wildman–Crippen MR) is 121 cm³/mol. The van der Waals surface area contributed by atoms with Crippen LogP contribution >= 0.6 is 0 Å². The van der Waals surface area contributed by atoms with E-state index >= 15 is 0 Å². The summed E-state index contributed by atoms with van der Waals surface area (Å²) >= 11 is 0. The van der Waals surface area contributed by atoms with Crippen molar-refractivity contribution >= 4 is 11.8 Å². The first-order valence-electron chi connectivity index (χ1n) is 10.9. The summed E-state index contributed by atoms with van der Waals surface area (Å²) in [5.74, 6) is 0.0808. The number of carbonyl (C=O) groups excluding carboxylic acids is 2. The zero-order valence-corrected chi connectivity index (χ0v) is 18.6. The van der Waals surface area contributed by atoms with Gasteiger partial charge >= 0.3 is 0 Å². The molecule has 0 saturated carbocycles. The molecular weight excluding hydrogens is 374 g/mol. The van der Waals surface area contributed by atoms with Gasteiger partial charge in [-0.25, -0.2) is 0 Å². The molecule has 5 heteroatoms. The van der Waals surface area contributed by atoms with Crippen molar-refractivity contribution in [1.29, 1.82) is 0 Å². The van der Waals surface area contributed by atoms with E-state index in [-0.39, 0.29) is 11.8 Å². The monoisotopic (exact) mass is 407 g/mol. The van der Waals surface area contributed by atoms with E-state index in [2.05, 4.69) is 37.8 Å². The number of nitrogens with zero attached hydrogens (tertiary/aromatic N) is 3. The van der Waals surface area contributed by atoms with E-state index < -0.39 is 0 Å². The van der Waals surface area contributed by atoms with Crippen LogP contribution in [0, 0.1) is 6.92 Å². The Balaban J connectivity index is 1.56. The van der Waals surface area contributed by atoms with Gasteiger partial charge in [-0.2, -0.15) is 0 Å².